The van der Waals surface area contributed by atoms with Crippen LogP contribution in [0, 0.1) is 6.92 Å². The highest BCUT2D eigenvalue weighted by molar-refractivity contribution is 7.99. The Morgan fingerprint density at radius 2 is 1.36 bits per heavy atom. The Hall–Kier alpha value is -2.99. The third-order valence-corrected chi connectivity index (χ3v) is 6.19. The average Bonchev–Trinajstić information content (AvgIpc) is 3.42. The van der Waals surface area contributed by atoms with Gasteiger partial charge < -0.3 is 10.1 Å². The maximum absolute atomic E-state index is 5.36. The van der Waals surface area contributed by atoms with Crippen molar-refractivity contribution >= 4 is 28.5 Å². The summed E-state index contributed by atoms with van der Waals surface area (Å²) in [5.41, 5.74) is 3.69. The van der Waals surface area contributed by atoms with Crippen LogP contribution in [0.3, 0.4) is 0 Å². The monoisotopic (exact) mass is 509 g/mol. The summed E-state index contributed by atoms with van der Waals surface area (Å²) in [5, 5.41) is 11.0. The quantitative estimate of drug-likeness (QED) is 0.268. The van der Waals surface area contributed by atoms with Gasteiger partial charge in [-0.15, -0.1) is 0 Å². The highest BCUT2D eigenvalue weighted by Crippen LogP contribution is 2.38. The van der Waals surface area contributed by atoms with Gasteiger partial charge in [0.1, 0.15) is 5.75 Å². The Morgan fingerprint density at radius 1 is 0.750 bits per heavy atom. The molecule has 1 N–H and O–H groups in total. The van der Waals surface area contributed by atoms with Gasteiger partial charge in [-0.3, -0.25) is 0 Å². The zero-order chi connectivity index (χ0) is 26.6. The van der Waals surface area contributed by atoms with Crippen LogP contribution in [0.1, 0.15) is 65.4 Å². The molecule has 36 heavy (non-hydrogen) atoms. The van der Waals surface area contributed by atoms with Gasteiger partial charge in [0.15, 0.2) is 11.0 Å². The molecule has 0 fully saturated rings. The molecular formula is C30H43N3O2S. The highest BCUT2D eigenvalue weighted by Gasteiger charge is 2.13. The number of fused-ring (bicyclic) bond motifs is 1. The van der Waals surface area contributed by atoms with E-state index in [0.717, 1.165) is 32.3 Å². The molecule has 0 atom stereocenters. The van der Waals surface area contributed by atoms with E-state index in [1.807, 2.05) is 61.6 Å². The van der Waals surface area contributed by atoms with Crippen molar-refractivity contribution in [2.75, 3.05) is 19.5 Å². The van der Waals surface area contributed by atoms with Gasteiger partial charge in [-0.25, -0.2) is 4.63 Å². The third-order valence-electron chi connectivity index (χ3n) is 5.08. The van der Waals surface area contributed by atoms with Crippen molar-refractivity contribution < 1.29 is 9.37 Å². The van der Waals surface area contributed by atoms with Crippen LogP contribution in [0.4, 0.5) is 5.69 Å². The smallest absolute Gasteiger partial charge is 0.159 e. The molecule has 1 heterocycles. The molecule has 0 radical (unpaired) electrons. The summed E-state index contributed by atoms with van der Waals surface area (Å²) in [6, 6.07) is 22.1. The summed E-state index contributed by atoms with van der Waals surface area (Å²) < 4.78 is 10.2. The standard InChI is InChI=1S/C14H13N3O2S.C7H8.C5H12.C4H10/c1-15-9-7-8-12(14-13(9)16-19-17-14)20-11-6-4-3-5-10(11)18-2;1-7-5-3-2-4-6-7;1-3-5-4-2;1-3-4-2/h3-8,15H,1-2H3;2-6H,1H3;3-5H2,1-2H3;3-4H2,1-2H3. The second-order valence-electron chi connectivity index (χ2n) is 8.08. The minimum absolute atomic E-state index is 0.729. The number of aromatic nitrogens is 2. The van der Waals surface area contributed by atoms with E-state index in [4.69, 9.17) is 9.37 Å². The fraction of sp³-hybridized carbons (Fsp3) is 0.400. The second-order valence-corrected chi connectivity index (χ2v) is 9.17. The molecular weight excluding hydrogens is 466 g/mol. The number of anilines is 1. The van der Waals surface area contributed by atoms with Gasteiger partial charge in [-0.1, -0.05) is 120 Å². The summed E-state index contributed by atoms with van der Waals surface area (Å²) in [5.74, 6) is 0.833. The average molecular weight is 510 g/mol. The van der Waals surface area contributed by atoms with Crippen LogP contribution >= 0.6 is 11.8 Å². The normalized spacial score (nSPS) is 9.64. The lowest BCUT2D eigenvalue weighted by Gasteiger charge is -2.08. The first-order valence-electron chi connectivity index (χ1n) is 12.8. The van der Waals surface area contributed by atoms with Crippen LogP contribution in [0.2, 0.25) is 0 Å². The van der Waals surface area contributed by atoms with Crippen LogP contribution in [0.15, 0.2) is 81.2 Å². The molecule has 0 aliphatic carbocycles. The number of nitrogens with one attached hydrogen (secondary N) is 1. The zero-order valence-corrected chi connectivity index (χ0v) is 23.8. The van der Waals surface area contributed by atoms with Crippen molar-refractivity contribution in [3.05, 3.63) is 72.3 Å². The number of aryl methyl sites for hydroxylation is 1. The van der Waals surface area contributed by atoms with E-state index in [1.54, 1.807) is 18.9 Å². The number of para-hydroxylation sites is 1. The van der Waals surface area contributed by atoms with Crippen molar-refractivity contribution in [1.29, 1.82) is 0 Å². The van der Waals surface area contributed by atoms with Crippen molar-refractivity contribution in [2.45, 2.75) is 76.5 Å². The van der Waals surface area contributed by atoms with Gasteiger partial charge in [0.05, 0.1) is 17.7 Å². The highest BCUT2D eigenvalue weighted by atomic mass is 32.2. The summed E-state index contributed by atoms with van der Waals surface area (Å²) in [7, 11) is 3.51. The van der Waals surface area contributed by atoms with E-state index in [0.29, 0.717) is 0 Å². The number of methoxy groups -OCH3 is 1. The fourth-order valence-electron chi connectivity index (χ4n) is 2.84. The summed E-state index contributed by atoms with van der Waals surface area (Å²) in [6.07, 6.45) is 6.72. The summed E-state index contributed by atoms with van der Waals surface area (Å²) >= 11 is 1.58. The molecule has 0 bridgehead atoms. The molecule has 0 saturated heterocycles. The van der Waals surface area contributed by atoms with Gasteiger partial charge in [-0.05, 0) is 41.5 Å². The van der Waals surface area contributed by atoms with Crippen molar-refractivity contribution in [3.8, 4) is 5.75 Å². The molecule has 196 valence electrons. The first-order valence-corrected chi connectivity index (χ1v) is 13.6. The lowest BCUT2D eigenvalue weighted by Crippen LogP contribution is -1.90. The largest absolute Gasteiger partial charge is 0.496 e. The second kappa shape index (κ2) is 19.2. The molecule has 0 aliphatic rings. The molecule has 4 rings (SSSR count). The molecule has 1 aromatic heterocycles. The predicted octanol–water partition coefficient (Wildman–Crippen LogP) is 9.42. The molecule has 6 heteroatoms. The SMILES string of the molecule is CCCC.CCCCC.CNc1ccc(Sc2ccccc2OC)c2nonc12.Cc1ccccc1. The topological polar surface area (TPSA) is 60.2 Å². The molecule has 5 nitrogen and oxygen atoms in total. The summed E-state index contributed by atoms with van der Waals surface area (Å²) in [6.45, 7) is 10.9. The van der Waals surface area contributed by atoms with Gasteiger partial charge in [0, 0.05) is 11.9 Å². The lowest BCUT2D eigenvalue weighted by atomic mass is 10.2. The van der Waals surface area contributed by atoms with Gasteiger partial charge in [0.2, 0.25) is 0 Å². The number of hydrogen-bond acceptors (Lipinski definition) is 6. The minimum atomic E-state index is 0.729. The Bertz CT molecular complexity index is 1080. The predicted molar refractivity (Wildman–Crippen MR) is 155 cm³/mol. The van der Waals surface area contributed by atoms with Crippen molar-refractivity contribution in [2.24, 2.45) is 0 Å². The molecule has 4 aromatic rings. The minimum Gasteiger partial charge on any atom is -0.496 e. The number of hydrogen-bond donors (Lipinski definition) is 1. The van der Waals surface area contributed by atoms with E-state index in [2.05, 4.69) is 62.4 Å². The maximum atomic E-state index is 5.36. The number of benzene rings is 3. The van der Waals surface area contributed by atoms with Gasteiger partial charge in [0.25, 0.3) is 0 Å². The number of ether oxygens (including phenoxy) is 1. The Labute approximate surface area is 222 Å². The number of nitrogens with zero attached hydrogens (tertiary/aromatic N) is 2. The van der Waals surface area contributed by atoms with Crippen LogP contribution < -0.4 is 10.1 Å². The Balaban J connectivity index is 0.000000331. The third kappa shape index (κ3) is 11.2. The van der Waals surface area contributed by atoms with E-state index in [9.17, 15) is 0 Å². The van der Waals surface area contributed by atoms with Crippen LogP contribution in [-0.4, -0.2) is 24.5 Å². The van der Waals surface area contributed by atoms with Crippen molar-refractivity contribution in [1.82, 2.24) is 10.3 Å². The Morgan fingerprint density at radius 3 is 1.86 bits per heavy atom. The lowest BCUT2D eigenvalue weighted by molar-refractivity contribution is 0.315. The van der Waals surface area contributed by atoms with Gasteiger partial charge >= 0.3 is 0 Å². The van der Waals surface area contributed by atoms with Gasteiger partial charge in [-0.2, -0.15) is 0 Å². The molecule has 0 saturated carbocycles. The number of rotatable bonds is 7. The molecule has 0 unspecified atom stereocenters. The molecule has 3 aromatic carbocycles. The van der Waals surface area contributed by atoms with Crippen molar-refractivity contribution in [3.63, 3.8) is 0 Å². The Kier molecular flexibility index (Phi) is 16.6. The van der Waals surface area contributed by atoms with E-state index in [1.165, 1.54) is 37.7 Å². The first-order chi connectivity index (χ1) is 17.6. The van der Waals surface area contributed by atoms with E-state index < -0.39 is 0 Å². The fourth-order valence-corrected chi connectivity index (χ4v) is 3.84. The molecule has 0 amide bonds. The van der Waals surface area contributed by atoms with E-state index in [-0.39, 0.29) is 0 Å². The summed E-state index contributed by atoms with van der Waals surface area (Å²) in [4.78, 5) is 2.00. The van der Waals surface area contributed by atoms with Crippen LogP contribution in [0.5, 0.6) is 5.75 Å². The van der Waals surface area contributed by atoms with E-state index >= 15 is 0 Å². The maximum Gasteiger partial charge on any atom is 0.159 e. The molecule has 0 aliphatic heterocycles. The zero-order valence-electron chi connectivity index (χ0n) is 23.0. The van der Waals surface area contributed by atoms with Crippen LogP contribution in [0.25, 0.3) is 11.0 Å². The van der Waals surface area contributed by atoms with Crippen LogP contribution in [-0.2, 0) is 0 Å². The first kappa shape index (κ1) is 31.0. The number of unbranched alkanes of at least 4 members (excludes halogenated alkanes) is 3. The molecule has 0 spiro atoms.